The topological polar surface area (TPSA) is 27.1 Å². The van der Waals surface area contributed by atoms with Gasteiger partial charge in [-0.1, -0.05) is 17.7 Å². The summed E-state index contributed by atoms with van der Waals surface area (Å²) in [6.45, 7) is 1.74. The Labute approximate surface area is 135 Å². The van der Waals surface area contributed by atoms with E-state index in [1.54, 1.807) is 32.4 Å². The van der Waals surface area contributed by atoms with Gasteiger partial charge in [-0.3, -0.25) is 0 Å². The van der Waals surface area contributed by atoms with Crippen molar-refractivity contribution in [3.8, 4) is 11.4 Å². The summed E-state index contributed by atoms with van der Waals surface area (Å²) in [5.41, 5.74) is 0.984. The first-order valence-corrected chi connectivity index (χ1v) is 8.00. The Balaban J connectivity index is 1.95. The van der Waals surface area contributed by atoms with Crippen LogP contribution in [0.5, 0.6) is 0 Å². The number of hydrogen-bond acceptors (Lipinski definition) is 2. The Hall–Kier alpha value is -1.39. The quantitative estimate of drug-likeness (QED) is 0.813. The van der Waals surface area contributed by atoms with Gasteiger partial charge in [0.2, 0.25) is 0 Å². The molecule has 2 aromatic rings. The standard InChI is InChI=1S/C17H20ClFN2O/c1-11-3-8-14(18)15(16(11)19)17-20-9-10-21(17)12-4-6-13(22-2)7-5-12/h3,8-10,12-13H,4-7H2,1-2H3. The molecule has 1 aromatic heterocycles. The highest BCUT2D eigenvalue weighted by molar-refractivity contribution is 6.33. The number of ether oxygens (including phenoxy) is 1. The molecule has 0 saturated heterocycles. The predicted octanol–water partition coefficient (Wildman–Crippen LogP) is 4.78. The van der Waals surface area contributed by atoms with Crippen LogP contribution in [0.1, 0.15) is 37.3 Å². The third-order valence-electron chi connectivity index (χ3n) is 4.55. The van der Waals surface area contributed by atoms with E-state index in [0.29, 0.717) is 34.1 Å². The largest absolute Gasteiger partial charge is 0.381 e. The van der Waals surface area contributed by atoms with Gasteiger partial charge in [-0.2, -0.15) is 0 Å². The lowest BCUT2D eigenvalue weighted by Gasteiger charge is -2.29. The number of nitrogens with zero attached hydrogens (tertiary/aromatic N) is 2. The molecule has 1 heterocycles. The Morgan fingerprint density at radius 3 is 2.68 bits per heavy atom. The SMILES string of the molecule is COC1CCC(n2ccnc2-c2c(Cl)ccc(C)c2F)CC1. The van der Waals surface area contributed by atoms with Crippen molar-refractivity contribution in [2.45, 2.75) is 44.8 Å². The van der Waals surface area contributed by atoms with Crippen LogP contribution in [-0.4, -0.2) is 22.8 Å². The van der Waals surface area contributed by atoms with Crippen molar-refractivity contribution in [2.24, 2.45) is 0 Å². The van der Waals surface area contributed by atoms with Crippen molar-refractivity contribution in [3.05, 3.63) is 40.9 Å². The molecule has 5 heteroatoms. The molecule has 1 aromatic carbocycles. The zero-order valence-electron chi connectivity index (χ0n) is 12.9. The monoisotopic (exact) mass is 322 g/mol. The van der Waals surface area contributed by atoms with E-state index in [9.17, 15) is 4.39 Å². The van der Waals surface area contributed by atoms with Gasteiger partial charge in [-0.25, -0.2) is 9.37 Å². The molecular weight excluding hydrogens is 303 g/mol. The second-order valence-corrected chi connectivity index (χ2v) is 6.28. The average molecular weight is 323 g/mol. The molecule has 1 fully saturated rings. The molecule has 3 nitrogen and oxygen atoms in total. The van der Waals surface area contributed by atoms with Crippen LogP contribution in [0.3, 0.4) is 0 Å². The lowest BCUT2D eigenvalue weighted by molar-refractivity contribution is 0.0586. The van der Waals surface area contributed by atoms with Crippen molar-refractivity contribution < 1.29 is 9.13 Å². The Morgan fingerprint density at radius 1 is 1.27 bits per heavy atom. The van der Waals surface area contributed by atoms with Gasteiger partial charge in [0.25, 0.3) is 0 Å². The minimum atomic E-state index is -0.287. The molecule has 3 rings (SSSR count). The van der Waals surface area contributed by atoms with Crippen molar-refractivity contribution in [1.82, 2.24) is 9.55 Å². The van der Waals surface area contributed by atoms with Crippen LogP contribution >= 0.6 is 11.6 Å². The number of rotatable bonds is 3. The predicted molar refractivity (Wildman–Crippen MR) is 85.7 cm³/mol. The summed E-state index contributed by atoms with van der Waals surface area (Å²) in [5, 5.41) is 0.404. The lowest BCUT2D eigenvalue weighted by atomic mass is 9.92. The second-order valence-electron chi connectivity index (χ2n) is 5.88. The van der Waals surface area contributed by atoms with E-state index < -0.39 is 0 Å². The fraction of sp³-hybridized carbons (Fsp3) is 0.471. The van der Waals surface area contributed by atoms with Crippen LogP contribution < -0.4 is 0 Å². The van der Waals surface area contributed by atoms with Crippen LogP contribution in [0.4, 0.5) is 4.39 Å². The van der Waals surface area contributed by atoms with Crippen molar-refractivity contribution >= 4 is 11.6 Å². The van der Waals surface area contributed by atoms with Crippen LogP contribution in [0, 0.1) is 12.7 Å². The average Bonchev–Trinajstić information content (AvgIpc) is 3.01. The van der Waals surface area contributed by atoms with Crippen LogP contribution in [0.15, 0.2) is 24.5 Å². The van der Waals surface area contributed by atoms with Crippen LogP contribution in [0.25, 0.3) is 11.4 Å². The zero-order valence-corrected chi connectivity index (χ0v) is 13.6. The third-order valence-corrected chi connectivity index (χ3v) is 4.86. The fourth-order valence-corrected chi connectivity index (χ4v) is 3.45. The van der Waals surface area contributed by atoms with E-state index in [2.05, 4.69) is 9.55 Å². The second kappa shape index (κ2) is 6.39. The van der Waals surface area contributed by atoms with Gasteiger partial charge in [0.1, 0.15) is 11.6 Å². The maximum Gasteiger partial charge on any atom is 0.144 e. The molecular formula is C17H20ClFN2O. The van der Waals surface area contributed by atoms with E-state index in [1.165, 1.54) is 0 Å². The molecule has 118 valence electrons. The Kier molecular flexibility index (Phi) is 4.50. The summed E-state index contributed by atoms with van der Waals surface area (Å²) >= 11 is 6.24. The molecule has 0 aliphatic heterocycles. The summed E-state index contributed by atoms with van der Waals surface area (Å²) < 4.78 is 22.0. The maximum atomic E-state index is 14.5. The Bertz CT molecular complexity index is 663. The summed E-state index contributed by atoms with van der Waals surface area (Å²) in [4.78, 5) is 4.37. The van der Waals surface area contributed by atoms with Gasteiger partial charge in [-0.05, 0) is 44.2 Å². The molecule has 1 aliphatic carbocycles. The number of imidazole rings is 1. The highest BCUT2D eigenvalue weighted by Gasteiger charge is 2.25. The normalized spacial score (nSPS) is 22.0. The van der Waals surface area contributed by atoms with Crippen molar-refractivity contribution in [2.75, 3.05) is 7.11 Å². The molecule has 0 radical (unpaired) electrons. The van der Waals surface area contributed by atoms with Crippen LogP contribution in [-0.2, 0) is 4.74 Å². The number of benzene rings is 1. The molecule has 0 bridgehead atoms. The van der Waals surface area contributed by atoms with Gasteiger partial charge in [0.15, 0.2) is 0 Å². The maximum absolute atomic E-state index is 14.5. The summed E-state index contributed by atoms with van der Waals surface area (Å²) in [6.07, 6.45) is 8.02. The minimum Gasteiger partial charge on any atom is -0.381 e. The number of halogens is 2. The van der Waals surface area contributed by atoms with E-state index in [0.717, 1.165) is 25.7 Å². The van der Waals surface area contributed by atoms with Gasteiger partial charge < -0.3 is 9.30 Å². The first kappa shape index (κ1) is 15.5. The zero-order chi connectivity index (χ0) is 15.7. The molecule has 1 aliphatic rings. The minimum absolute atomic E-state index is 0.287. The number of aryl methyl sites for hydroxylation is 1. The molecule has 22 heavy (non-hydrogen) atoms. The Morgan fingerprint density at radius 2 is 2.00 bits per heavy atom. The first-order chi connectivity index (χ1) is 10.6. The molecule has 0 unspecified atom stereocenters. The highest BCUT2D eigenvalue weighted by atomic mass is 35.5. The fourth-order valence-electron chi connectivity index (χ4n) is 3.22. The highest BCUT2D eigenvalue weighted by Crippen LogP contribution is 2.36. The number of methoxy groups -OCH3 is 1. The number of hydrogen-bond donors (Lipinski definition) is 0. The van der Waals surface area contributed by atoms with Crippen LogP contribution in [0.2, 0.25) is 5.02 Å². The summed E-state index contributed by atoms with van der Waals surface area (Å²) in [5.74, 6) is 0.331. The molecule has 0 atom stereocenters. The van der Waals surface area contributed by atoms with E-state index in [1.807, 2.05) is 6.20 Å². The molecule has 1 saturated carbocycles. The van der Waals surface area contributed by atoms with E-state index in [-0.39, 0.29) is 5.82 Å². The molecule has 0 N–H and O–H groups in total. The third kappa shape index (κ3) is 2.77. The van der Waals surface area contributed by atoms with E-state index >= 15 is 0 Å². The van der Waals surface area contributed by atoms with Gasteiger partial charge in [0, 0.05) is 25.5 Å². The van der Waals surface area contributed by atoms with Gasteiger partial charge in [0.05, 0.1) is 16.7 Å². The van der Waals surface area contributed by atoms with E-state index in [4.69, 9.17) is 16.3 Å². The smallest absolute Gasteiger partial charge is 0.144 e. The first-order valence-electron chi connectivity index (χ1n) is 7.62. The van der Waals surface area contributed by atoms with Gasteiger partial charge >= 0.3 is 0 Å². The van der Waals surface area contributed by atoms with Crippen molar-refractivity contribution in [1.29, 1.82) is 0 Å². The van der Waals surface area contributed by atoms with Gasteiger partial charge in [-0.15, -0.1) is 0 Å². The summed E-state index contributed by atoms with van der Waals surface area (Å²) in [6, 6.07) is 3.74. The molecule has 0 spiro atoms. The lowest BCUT2D eigenvalue weighted by Crippen LogP contribution is -2.23. The molecule has 0 amide bonds. The summed E-state index contributed by atoms with van der Waals surface area (Å²) in [7, 11) is 1.76. The van der Waals surface area contributed by atoms with Crippen molar-refractivity contribution in [3.63, 3.8) is 0 Å². The number of aromatic nitrogens is 2.